The first-order valence-corrected chi connectivity index (χ1v) is 12.8. The molecule has 1 fully saturated rings. The van der Waals surface area contributed by atoms with Crippen LogP contribution in [-0.2, 0) is 9.59 Å². The second kappa shape index (κ2) is 12.3. The van der Waals surface area contributed by atoms with Crippen LogP contribution in [0.1, 0.15) is 42.9 Å². The Labute approximate surface area is 228 Å². The molecule has 39 heavy (non-hydrogen) atoms. The van der Waals surface area contributed by atoms with Crippen LogP contribution in [0.2, 0.25) is 0 Å². The second-order valence-electron chi connectivity index (χ2n) is 9.28. The number of anilines is 1. The molecule has 1 atom stereocenters. The zero-order valence-electron chi connectivity index (χ0n) is 22.5. The third kappa shape index (κ3) is 6.46. The molecule has 1 aliphatic rings. The zero-order valence-corrected chi connectivity index (χ0v) is 22.5. The van der Waals surface area contributed by atoms with E-state index >= 15 is 0 Å². The first kappa shape index (κ1) is 27.4. The Kier molecular flexibility index (Phi) is 8.66. The summed E-state index contributed by atoms with van der Waals surface area (Å²) in [6, 6.07) is 19.3. The first-order valence-electron chi connectivity index (χ1n) is 12.8. The fraction of sp³-hybridized carbons (Fsp3) is 0.258. The Bertz CT molecular complexity index is 1400. The van der Waals surface area contributed by atoms with Crippen molar-refractivity contribution >= 4 is 29.6 Å². The maximum Gasteiger partial charge on any atom is 0.335 e. The zero-order chi connectivity index (χ0) is 27.9. The lowest BCUT2D eigenvalue weighted by molar-refractivity contribution is -0.122. The minimum atomic E-state index is -0.789. The summed E-state index contributed by atoms with van der Waals surface area (Å²) in [5.41, 5.74) is 2.91. The highest BCUT2D eigenvalue weighted by Gasteiger charge is 2.36. The molecule has 1 N–H and O–H groups in total. The minimum Gasteiger partial charge on any atom is -0.493 e. The molecule has 1 aliphatic heterocycles. The number of ether oxygens (including phenoxy) is 3. The Hall–Kier alpha value is -4.59. The van der Waals surface area contributed by atoms with Gasteiger partial charge in [0.15, 0.2) is 11.5 Å². The van der Waals surface area contributed by atoms with Crippen LogP contribution in [-0.4, -0.2) is 38.2 Å². The SMILES string of the molecule is CCC(C)c1ccc(OCCOc2ccc(/C=C3\C(=O)NC(=O)N(c4cccc(C)c4)C3=O)cc2OC)cc1. The highest BCUT2D eigenvalue weighted by Crippen LogP contribution is 2.30. The predicted octanol–water partition coefficient (Wildman–Crippen LogP) is 5.64. The Balaban J connectivity index is 1.43. The van der Waals surface area contributed by atoms with Crippen LogP contribution in [0.15, 0.2) is 72.3 Å². The Morgan fingerprint density at radius 3 is 2.36 bits per heavy atom. The van der Waals surface area contributed by atoms with Crippen molar-refractivity contribution in [3.8, 4) is 17.2 Å². The number of methoxy groups -OCH3 is 1. The summed E-state index contributed by atoms with van der Waals surface area (Å²) in [6.45, 7) is 6.85. The molecule has 4 amide bonds. The van der Waals surface area contributed by atoms with Gasteiger partial charge >= 0.3 is 6.03 Å². The number of amides is 4. The van der Waals surface area contributed by atoms with Crippen molar-refractivity contribution in [2.75, 3.05) is 25.2 Å². The molecule has 1 saturated heterocycles. The number of nitrogens with one attached hydrogen (secondary N) is 1. The van der Waals surface area contributed by atoms with Gasteiger partial charge in [-0.05, 0) is 78.4 Å². The molecule has 4 rings (SSSR count). The lowest BCUT2D eigenvalue weighted by Gasteiger charge is -2.26. The average Bonchev–Trinajstić information content (AvgIpc) is 2.93. The van der Waals surface area contributed by atoms with E-state index in [1.54, 1.807) is 36.4 Å². The van der Waals surface area contributed by atoms with E-state index in [-0.39, 0.29) is 5.57 Å². The predicted molar refractivity (Wildman–Crippen MR) is 149 cm³/mol. The van der Waals surface area contributed by atoms with Gasteiger partial charge in [0, 0.05) is 0 Å². The van der Waals surface area contributed by atoms with Crippen molar-refractivity contribution in [1.82, 2.24) is 5.32 Å². The number of nitrogens with zero attached hydrogens (tertiary/aromatic N) is 1. The number of benzene rings is 3. The van der Waals surface area contributed by atoms with E-state index in [1.165, 1.54) is 18.7 Å². The Morgan fingerprint density at radius 2 is 1.67 bits per heavy atom. The van der Waals surface area contributed by atoms with Gasteiger partial charge in [0.25, 0.3) is 11.8 Å². The normalized spacial score (nSPS) is 15.2. The van der Waals surface area contributed by atoms with Crippen LogP contribution in [0.4, 0.5) is 10.5 Å². The molecular formula is C31H32N2O6. The van der Waals surface area contributed by atoms with Crippen LogP contribution >= 0.6 is 0 Å². The van der Waals surface area contributed by atoms with Crippen molar-refractivity contribution in [3.63, 3.8) is 0 Å². The van der Waals surface area contributed by atoms with Gasteiger partial charge in [0.1, 0.15) is 24.5 Å². The summed E-state index contributed by atoms with van der Waals surface area (Å²) in [6.07, 6.45) is 2.51. The maximum absolute atomic E-state index is 13.1. The molecule has 0 radical (unpaired) electrons. The van der Waals surface area contributed by atoms with Crippen molar-refractivity contribution in [3.05, 3.63) is 89.0 Å². The molecule has 0 bridgehead atoms. The molecule has 3 aromatic rings. The van der Waals surface area contributed by atoms with Crippen LogP contribution < -0.4 is 24.4 Å². The van der Waals surface area contributed by atoms with Crippen molar-refractivity contribution in [2.45, 2.75) is 33.1 Å². The van der Waals surface area contributed by atoms with Crippen LogP contribution in [0.3, 0.4) is 0 Å². The van der Waals surface area contributed by atoms with Gasteiger partial charge < -0.3 is 14.2 Å². The smallest absolute Gasteiger partial charge is 0.335 e. The largest absolute Gasteiger partial charge is 0.493 e. The average molecular weight is 529 g/mol. The van der Waals surface area contributed by atoms with Crippen LogP contribution in [0.5, 0.6) is 17.2 Å². The van der Waals surface area contributed by atoms with E-state index in [0.29, 0.717) is 41.9 Å². The number of carbonyl (C=O) groups is 3. The highest BCUT2D eigenvalue weighted by molar-refractivity contribution is 6.39. The molecule has 8 nitrogen and oxygen atoms in total. The third-order valence-corrected chi connectivity index (χ3v) is 6.53. The second-order valence-corrected chi connectivity index (χ2v) is 9.28. The molecule has 0 aliphatic carbocycles. The van der Waals surface area contributed by atoms with E-state index in [2.05, 4.69) is 31.3 Å². The molecule has 0 aromatic heterocycles. The van der Waals surface area contributed by atoms with Crippen LogP contribution in [0, 0.1) is 6.92 Å². The monoisotopic (exact) mass is 528 g/mol. The number of carbonyl (C=O) groups excluding carboxylic acids is 3. The fourth-order valence-electron chi connectivity index (χ4n) is 4.16. The highest BCUT2D eigenvalue weighted by atomic mass is 16.5. The fourth-order valence-corrected chi connectivity index (χ4v) is 4.16. The third-order valence-electron chi connectivity index (χ3n) is 6.53. The summed E-state index contributed by atoms with van der Waals surface area (Å²) in [5, 5.41) is 2.24. The van der Waals surface area contributed by atoms with Crippen molar-refractivity contribution in [2.24, 2.45) is 0 Å². The van der Waals surface area contributed by atoms with E-state index in [4.69, 9.17) is 14.2 Å². The van der Waals surface area contributed by atoms with Crippen molar-refractivity contribution in [1.29, 1.82) is 0 Å². The summed E-state index contributed by atoms with van der Waals surface area (Å²) in [5.74, 6) is 0.733. The summed E-state index contributed by atoms with van der Waals surface area (Å²) in [7, 11) is 1.51. The molecule has 202 valence electrons. The standard InChI is InChI=1S/C31H32N2O6/c1-5-21(3)23-10-12-25(13-11-23)38-15-16-39-27-14-9-22(19-28(27)37-4)18-26-29(34)32-31(36)33(30(26)35)24-8-6-7-20(2)17-24/h6-14,17-19,21H,5,15-16H2,1-4H3,(H,32,34,36)/b26-18+. The minimum absolute atomic E-state index is 0.167. The summed E-state index contributed by atoms with van der Waals surface area (Å²) in [4.78, 5) is 39.1. The maximum atomic E-state index is 13.1. The lowest BCUT2D eigenvalue weighted by atomic mass is 9.99. The van der Waals surface area contributed by atoms with E-state index in [0.717, 1.165) is 22.6 Å². The molecule has 0 saturated carbocycles. The van der Waals surface area contributed by atoms with Gasteiger partial charge in [-0.15, -0.1) is 0 Å². The van der Waals surface area contributed by atoms with Gasteiger partial charge in [-0.25, -0.2) is 9.69 Å². The van der Waals surface area contributed by atoms with Gasteiger partial charge in [0.05, 0.1) is 12.8 Å². The Morgan fingerprint density at radius 1 is 0.923 bits per heavy atom. The number of hydrogen-bond acceptors (Lipinski definition) is 6. The molecule has 1 heterocycles. The lowest BCUT2D eigenvalue weighted by Crippen LogP contribution is -2.54. The van der Waals surface area contributed by atoms with Gasteiger partial charge in [-0.1, -0.05) is 44.2 Å². The molecule has 0 spiro atoms. The van der Waals surface area contributed by atoms with Crippen molar-refractivity contribution < 1.29 is 28.6 Å². The quantitative estimate of drug-likeness (QED) is 0.208. The van der Waals surface area contributed by atoms with Gasteiger partial charge in [-0.2, -0.15) is 0 Å². The van der Waals surface area contributed by atoms with E-state index in [9.17, 15) is 14.4 Å². The molecule has 8 heteroatoms. The number of imide groups is 2. The first-order chi connectivity index (χ1) is 18.8. The van der Waals surface area contributed by atoms with Gasteiger partial charge in [0.2, 0.25) is 0 Å². The topological polar surface area (TPSA) is 94.2 Å². The number of rotatable bonds is 10. The van der Waals surface area contributed by atoms with E-state index < -0.39 is 17.8 Å². The van der Waals surface area contributed by atoms with E-state index in [1.807, 2.05) is 25.1 Å². The number of aryl methyl sites for hydroxylation is 1. The summed E-state index contributed by atoms with van der Waals surface area (Å²) >= 11 is 0. The summed E-state index contributed by atoms with van der Waals surface area (Å²) < 4.78 is 17.1. The number of barbiturate groups is 1. The molecule has 1 unspecified atom stereocenters. The van der Waals surface area contributed by atoms with Crippen LogP contribution in [0.25, 0.3) is 6.08 Å². The molecular weight excluding hydrogens is 496 g/mol. The number of urea groups is 1. The number of hydrogen-bond donors (Lipinski definition) is 1. The van der Waals surface area contributed by atoms with Gasteiger partial charge in [-0.3, -0.25) is 14.9 Å². The molecule has 3 aromatic carbocycles.